The summed E-state index contributed by atoms with van der Waals surface area (Å²) in [5.74, 6) is -0.231. The minimum atomic E-state index is -0.259. The molecule has 0 radical (unpaired) electrons. The molecule has 2 rings (SSSR count). The van der Waals surface area contributed by atoms with E-state index >= 15 is 0 Å². The number of nitrogens with two attached hydrogens (primary N) is 1. The summed E-state index contributed by atoms with van der Waals surface area (Å²) < 4.78 is 5.01. The second-order valence-corrected chi connectivity index (χ2v) is 5.74. The van der Waals surface area contributed by atoms with Gasteiger partial charge in [0, 0.05) is 24.0 Å². The molecule has 0 bridgehead atoms. The van der Waals surface area contributed by atoms with Gasteiger partial charge in [-0.25, -0.2) is 0 Å². The molecule has 0 aliphatic rings. The topological polar surface area (TPSA) is 94.0 Å². The third-order valence-electron chi connectivity index (χ3n) is 3.75. The second kappa shape index (κ2) is 8.31. The van der Waals surface area contributed by atoms with Crippen LogP contribution in [0.15, 0.2) is 29.0 Å². The van der Waals surface area contributed by atoms with E-state index in [1.54, 1.807) is 18.5 Å². The molecule has 1 atom stereocenters. The van der Waals surface area contributed by atoms with Gasteiger partial charge in [-0.1, -0.05) is 37.8 Å². The fraction of sp³-hybridized carbons (Fsp3) is 0.471. The van der Waals surface area contributed by atoms with Crippen molar-refractivity contribution in [1.29, 1.82) is 0 Å². The third kappa shape index (κ3) is 4.55. The highest BCUT2D eigenvalue weighted by Gasteiger charge is 2.23. The lowest BCUT2D eigenvalue weighted by Gasteiger charge is -2.13. The zero-order valence-corrected chi connectivity index (χ0v) is 13.7. The average molecular weight is 316 g/mol. The lowest BCUT2D eigenvalue weighted by atomic mass is 10.1. The number of pyridine rings is 1. The SMILES string of the molecule is CCCCCCC(C)NC(=O)c1c(-c2cccnc2)noc1N. The molecular formula is C17H24N4O2. The van der Waals surface area contributed by atoms with E-state index in [1.165, 1.54) is 19.3 Å². The van der Waals surface area contributed by atoms with Crippen molar-refractivity contribution in [3.05, 3.63) is 30.1 Å². The van der Waals surface area contributed by atoms with Crippen molar-refractivity contribution in [2.45, 2.75) is 52.0 Å². The van der Waals surface area contributed by atoms with Crippen LogP contribution in [0.1, 0.15) is 56.3 Å². The number of hydrogen-bond acceptors (Lipinski definition) is 5. The van der Waals surface area contributed by atoms with Crippen molar-refractivity contribution in [3.8, 4) is 11.3 Å². The Kier molecular flexibility index (Phi) is 6.14. The van der Waals surface area contributed by atoms with E-state index < -0.39 is 0 Å². The maximum absolute atomic E-state index is 12.5. The quantitative estimate of drug-likeness (QED) is 0.728. The molecule has 2 aromatic rings. The van der Waals surface area contributed by atoms with Gasteiger partial charge in [0.15, 0.2) is 0 Å². The molecule has 2 aromatic heterocycles. The predicted octanol–water partition coefficient (Wildman–Crippen LogP) is 3.41. The van der Waals surface area contributed by atoms with E-state index in [4.69, 9.17) is 10.3 Å². The zero-order valence-electron chi connectivity index (χ0n) is 13.7. The molecule has 3 N–H and O–H groups in total. The van der Waals surface area contributed by atoms with Crippen molar-refractivity contribution in [2.75, 3.05) is 5.73 Å². The molecule has 1 amide bonds. The van der Waals surface area contributed by atoms with Gasteiger partial charge >= 0.3 is 0 Å². The van der Waals surface area contributed by atoms with E-state index in [-0.39, 0.29) is 23.4 Å². The summed E-state index contributed by atoms with van der Waals surface area (Å²) in [5, 5.41) is 6.87. The van der Waals surface area contributed by atoms with Crippen LogP contribution in [-0.2, 0) is 0 Å². The van der Waals surface area contributed by atoms with Gasteiger partial charge in [0.05, 0.1) is 0 Å². The molecule has 0 saturated heterocycles. The molecule has 124 valence electrons. The summed E-state index contributed by atoms with van der Waals surface area (Å²) in [5.41, 5.74) is 7.19. The lowest BCUT2D eigenvalue weighted by Crippen LogP contribution is -2.33. The molecule has 0 aliphatic heterocycles. The van der Waals surface area contributed by atoms with Gasteiger partial charge in [0.25, 0.3) is 5.91 Å². The number of carbonyl (C=O) groups excluding carboxylic acids is 1. The first-order valence-electron chi connectivity index (χ1n) is 8.09. The van der Waals surface area contributed by atoms with Gasteiger partial charge in [0.2, 0.25) is 5.88 Å². The summed E-state index contributed by atoms with van der Waals surface area (Å²) in [7, 11) is 0. The van der Waals surface area contributed by atoms with Gasteiger partial charge < -0.3 is 15.6 Å². The monoisotopic (exact) mass is 316 g/mol. The van der Waals surface area contributed by atoms with Gasteiger partial charge in [-0.15, -0.1) is 0 Å². The number of nitrogens with zero attached hydrogens (tertiary/aromatic N) is 2. The van der Waals surface area contributed by atoms with E-state index in [2.05, 4.69) is 22.4 Å². The van der Waals surface area contributed by atoms with Crippen LogP contribution in [-0.4, -0.2) is 22.1 Å². The zero-order chi connectivity index (χ0) is 16.7. The van der Waals surface area contributed by atoms with Gasteiger partial charge in [-0.2, -0.15) is 0 Å². The summed E-state index contributed by atoms with van der Waals surface area (Å²) in [4.78, 5) is 16.5. The fourth-order valence-electron chi connectivity index (χ4n) is 2.47. The van der Waals surface area contributed by atoms with E-state index in [0.29, 0.717) is 11.3 Å². The number of unbranched alkanes of at least 4 members (excludes halogenated alkanes) is 3. The van der Waals surface area contributed by atoms with Crippen molar-refractivity contribution in [3.63, 3.8) is 0 Å². The molecule has 0 aliphatic carbocycles. The molecule has 0 saturated carbocycles. The smallest absolute Gasteiger partial charge is 0.259 e. The highest BCUT2D eigenvalue weighted by Crippen LogP contribution is 2.26. The molecule has 0 spiro atoms. The highest BCUT2D eigenvalue weighted by molar-refractivity contribution is 6.03. The number of amides is 1. The van der Waals surface area contributed by atoms with Crippen LogP contribution in [0.5, 0.6) is 0 Å². The molecule has 1 unspecified atom stereocenters. The first-order valence-corrected chi connectivity index (χ1v) is 8.09. The van der Waals surface area contributed by atoms with E-state index in [1.807, 2.05) is 13.0 Å². The van der Waals surface area contributed by atoms with Crippen LogP contribution >= 0.6 is 0 Å². The Hall–Kier alpha value is -2.37. The predicted molar refractivity (Wildman–Crippen MR) is 89.8 cm³/mol. The fourth-order valence-corrected chi connectivity index (χ4v) is 2.47. The number of nitrogens with one attached hydrogen (secondary N) is 1. The first kappa shape index (κ1) is 17.0. The van der Waals surface area contributed by atoms with Gasteiger partial charge in [-0.05, 0) is 25.5 Å². The number of rotatable bonds is 8. The summed E-state index contributed by atoms with van der Waals surface area (Å²) in [6.45, 7) is 4.18. The van der Waals surface area contributed by atoms with Crippen LogP contribution in [0.25, 0.3) is 11.3 Å². The van der Waals surface area contributed by atoms with E-state index in [9.17, 15) is 4.79 Å². The molecule has 6 heteroatoms. The first-order chi connectivity index (χ1) is 11.1. The minimum Gasteiger partial charge on any atom is -0.367 e. The van der Waals surface area contributed by atoms with Crippen molar-refractivity contribution in [2.24, 2.45) is 0 Å². The summed E-state index contributed by atoms with van der Waals surface area (Å²) in [6, 6.07) is 3.67. The normalized spacial score (nSPS) is 12.1. The van der Waals surface area contributed by atoms with Crippen LogP contribution < -0.4 is 11.1 Å². The third-order valence-corrected chi connectivity index (χ3v) is 3.75. The maximum atomic E-state index is 12.5. The van der Waals surface area contributed by atoms with Crippen molar-refractivity contribution in [1.82, 2.24) is 15.5 Å². The van der Waals surface area contributed by atoms with Crippen LogP contribution in [0, 0.1) is 0 Å². The Morgan fingerprint density at radius 3 is 2.91 bits per heavy atom. The summed E-state index contributed by atoms with van der Waals surface area (Å²) in [6.07, 6.45) is 8.94. The number of carbonyl (C=O) groups is 1. The average Bonchev–Trinajstić information content (AvgIpc) is 2.94. The molecular weight excluding hydrogens is 292 g/mol. The van der Waals surface area contributed by atoms with Crippen LogP contribution in [0.2, 0.25) is 0 Å². The standard InChI is InChI=1S/C17H24N4O2/c1-3-4-5-6-8-12(2)20-17(22)14-15(21-23-16(14)18)13-9-7-10-19-11-13/h7,9-12H,3-6,8,18H2,1-2H3,(H,20,22). The van der Waals surface area contributed by atoms with Gasteiger partial charge in [-0.3, -0.25) is 9.78 Å². The number of hydrogen-bond donors (Lipinski definition) is 2. The second-order valence-electron chi connectivity index (χ2n) is 5.74. The molecule has 0 aromatic carbocycles. The molecule has 2 heterocycles. The highest BCUT2D eigenvalue weighted by atomic mass is 16.5. The van der Waals surface area contributed by atoms with Crippen molar-refractivity contribution < 1.29 is 9.32 Å². The van der Waals surface area contributed by atoms with Crippen molar-refractivity contribution >= 4 is 11.8 Å². The van der Waals surface area contributed by atoms with Gasteiger partial charge in [0.1, 0.15) is 11.3 Å². The molecule has 23 heavy (non-hydrogen) atoms. The Morgan fingerprint density at radius 2 is 2.22 bits per heavy atom. The Bertz CT molecular complexity index is 625. The minimum absolute atomic E-state index is 0.0273. The molecule has 6 nitrogen and oxygen atoms in total. The van der Waals surface area contributed by atoms with E-state index in [0.717, 1.165) is 12.8 Å². The number of nitrogen functional groups attached to an aromatic ring is 1. The molecule has 0 fully saturated rings. The Labute approximate surface area is 136 Å². The number of anilines is 1. The lowest BCUT2D eigenvalue weighted by molar-refractivity contribution is 0.0939. The summed E-state index contributed by atoms with van der Waals surface area (Å²) >= 11 is 0. The van der Waals surface area contributed by atoms with Crippen LogP contribution in [0.4, 0.5) is 5.88 Å². The maximum Gasteiger partial charge on any atom is 0.259 e. The largest absolute Gasteiger partial charge is 0.367 e. The Morgan fingerprint density at radius 1 is 1.39 bits per heavy atom. The Balaban J connectivity index is 2.04. The van der Waals surface area contributed by atoms with Crippen LogP contribution in [0.3, 0.4) is 0 Å². The number of aromatic nitrogens is 2.